The van der Waals surface area contributed by atoms with Gasteiger partial charge >= 0.3 is 0 Å². The molecule has 1 atom stereocenters. The molecule has 0 unspecified atom stereocenters. The third-order valence-electron chi connectivity index (χ3n) is 3.18. The molecule has 1 aliphatic rings. The third kappa shape index (κ3) is 6.33. The number of hydrogen-bond donors (Lipinski definition) is 3. The lowest BCUT2D eigenvalue weighted by atomic mass is 10.0. The Morgan fingerprint density at radius 2 is 2.37 bits per heavy atom. The van der Waals surface area contributed by atoms with Crippen LogP contribution in [0.1, 0.15) is 26.2 Å². The van der Waals surface area contributed by atoms with Gasteiger partial charge in [0.2, 0.25) is 5.91 Å². The highest BCUT2D eigenvalue weighted by Crippen LogP contribution is 2.07. The molecule has 6 heteroatoms. The number of unbranched alkanes of at least 4 members (excludes halogenated alkanes) is 2. The fourth-order valence-electron chi connectivity index (χ4n) is 1.92. The quantitative estimate of drug-likeness (QED) is 0.501. The number of hydrogen-bond acceptors (Lipinski definition) is 5. The number of carbonyl (C=O) groups excluding carboxylic acids is 1. The number of rotatable bonds is 9. The van der Waals surface area contributed by atoms with E-state index in [9.17, 15) is 9.90 Å². The monoisotopic (exact) mass is 274 g/mol. The zero-order chi connectivity index (χ0) is 14.0. The van der Waals surface area contributed by atoms with Gasteiger partial charge in [-0.15, -0.1) is 0 Å². The molecule has 0 aromatic rings. The minimum Gasteiger partial charge on any atom is -0.394 e. The normalized spacial score (nSPS) is 23.3. The molecule has 3 N–H and O–H groups in total. The van der Waals surface area contributed by atoms with Gasteiger partial charge in [0.1, 0.15) is 6.61 Å². The second-order valence-corrected chi connectivity index (χ2v) is 4.95. The van der Waals surface area contributed by atoms with Crippen molar-refractivity contribution in [3.63, 3.8) is 0 Å². The molecule has 1 aliphatic heterocycles. The summed E-state index contributed by atoms with van der Waals surface area (Å²) in [5.74, 6) is -0.156. The van der Waals surface area contributed by atoms with Gasteiger partial charge in [0.05, 0.1) is 25.4 Å². The largest absolute Gasteiger partial charge is 0.394 e. The molecule has 1 heterocycles. The molecule has 1 saturated heterocycles. The molecule has 0 saturated carbocycles. The summed E-state index contributed by atoms with van der Waals surface area (Å²) in [6, 6.07) is 0. The Bertz CT molecular complexity index is 255. The van der Waals surface area contributed by atoms with E-state index in [1.54, 1.807) is 0 Å². The van der Waals surface area contributed by atoms with Crippen LogP contribution in [0, 0.1) is 0 Å². The van der Waals surface area contributed by atoms with Crippen LogP contribution < -0.4 is 10.6 Å². The number of carbonyl (C=O) groups is 1. The molecular formula is C13H26N2O4. The van der Waals surface area contributed by atoms with Crippen LogP contribution in [0.25, 0.3) is 0 Å². The molecular weight excluding hydrogens is 248 g/mol. The molecule has 112 valence electrons. The van der Waals surface area contributed by atoms with Crippen molar-refractivity contribution < 1.29 is 19.4 Å². The van der Waals surface area contributed by atoms with Gasteiger partial charge in [-0.1, -0.05) is 19.8 Å². The van der Waals surface area contributed by atoms with Gasteiger partial charge in [0.25, 0.3) is 0 Å². The van der Waals surface area contributed by atoms with Gasteiger partial charge in [-0.2, -0.15) is 0 Å². The maximum Gasteiger partial charge on any atom is 0.246 e. The van der Waals surface area contributed by atoms with Gasteiger partial charge in [-0.05, 0) is 6.42 Å². The number of aliphatic hydroxyl groups excluding tert-OH is 1. The van der Waals surface area contributed by atoms with Gasteiger partial charge in [-0.25, -0.2) is 0 Å². The number of amides is 1. The lowest BCUT2D eigenvalue weighted by Gasteiger charge is -2.36. The van der Waals surface area contributed by atoms with Gasteiger partial charge < -0.3 is 25.2 Å². The highest BCUT2D eigenvalue weighted by atomic mass is 16.5. The summed E-state index contributed by atoms with van der Waals surface area (Å²) >= 11 is 0. The Kier molecular flexibility index (Phi) is 7.97. The SMILES string of the molecule is CCCCCOCC(=O)NC[C@]1(CO)COCCN1. The lowest BCUT2D eigenvalue weighted by Crippen LogP contribution is -2.62. The van der Waals surface area contributed by atoms with E-state index < -0.39 is 5.54 Å². The first-order chi connectivity index (χ1) is 9.22. The Morgan fingerprint density at radius 3 is 3.00 bits per heavy atom. The van der Waals surface area contributed by atoms with E-state index in [-0.39, 0.29) is 19.1 Å². The van der Waals surface area contributed by atoms with Crippen molar-refractivity contribution in [3.05, 3.63) is 0 Å². The standard InChI is InChI=1S/C13H26N2O4/c1-2-3-4-6-18-8-12(17)14-9-13(10-16)11-19-7-5-15-13/h15-16H,2-11H2,1H3,(H,14,17)/t13-/m0/s1. The van der Waals surface area contributed by atoms with Crippen molar-refractivity contribution in [2.45, 2.75) is 31.7 Å². The van der Waals surface area contributed by atoms with Crippen molar-refractivity contribution in [3.8, 4) is 0 Å². The van der Waals surface area contributed by atoms with Gasteiger partial charge in [0.15, 0.2) is 0 Å². The highest BCUT2D eigenvalue weighted by molar-refractivity contribution is 5.77. The Labute approximate surface area is 114 Å². The first-order valence-electron chi connectivity index (χ1n) is 7.00. The molecule has 0 spiro atoms. The second kappa shape index (κ2) is 9.25. The van der Waals surface area contributed by atoms with Crippen LogP contribution in [0.15, 0.2) is 0 Å². The molecule has 19 heavy (non-hydrogen) atoms. The molecule has 1 fully saturated rings. The Morgan fingerprint density at radius 1 is 1.53 bits per heavy atom. The number of nitrogens with one attached hydrogen (secondary N) is 2. The Hall–Kier alpha value is -0.690. The fraction of sp³-hybridized carbons (Fsp3) is 0.923. The molecule has 0 aromatic carbocycles. The first kappa shape index (κ1) is 16.4. The summed E-state index contributed by atoms with van der Waals surface area (Å²) in [6.45, 7) is 4.83. The maximum atomic E-state index is 11.6. The zero-order valence-corrected chi connectivity index (χ0v) is 11.7. The van der Waals surface area contributed by atoms with Crippen LogP contribution in [0.5, 0.6) is 0 Å². The van der Waals surface area contributed by atoms with Crippen LogP contribution in [0.2, 0.25) is 0 Å². The molecule has 6 nitrogen and oxygen atoms in total. The van der Waals surface area contributed by atoms with Gasteiger partial charge in [-0.3, -0.25) is 4.79 Å². The van der Waals surface area contributed by atoms with E-state index in [1.165, 1.54) is 0 Å². The van der Waals surface area contributed by atoms with Crippen LogP contribution in [-0.4, -0.2) is 62.7 Å². The van der Waals surface area contributed by atoms with Crippen molar-refractivity contribution in [2.24, 2.45) is 0 Å². The van der Waals surface area contributed by atoms with Crippen molar-refractivity contribution >= 4 is 5.91 Å². The first-order valence-corrected chi connectivity index (χ1v) is 7.00. The average molecular weight is 274 g/mol. The van der Waals surface area contributed by atoms with E-state index in [4.69, 9.17) is 9.47 Å². The summed E-state index contributed by atoms with van der Waals surface area (Å²) in [6.07, 6.45) is 3.25. The molecule has 1 rings (SSSR count). The smallest absolute Gasteiger partial charge is 0.246 e. The molecule has 0 radical (unpaired) electrons. The fourth-order valence-corrected chi connectivity index (χ4v) is 1.92. The van der Waals surface area contributed by atoms with Crippen LogP contribution >= 0.6 is 0 Å². The second-order valence-electron chi connectivity index (χ2n) is 4.95. The molecule has 0 bridgehead atoms. The highest BCUT2D eigenvalue weighted by Gasteiger charge is 2.32. The summed E-state index contributed by atoms with van der Waals surface area (Å²) in [4.78, 5) is 11.6. The Balaban J connectivity index is 2.14. The van der Waals surface area contributed by atoms with Crippen molar-refractivity contribution in [1.29, 1.82) is 0 Å². The molecule has 1 amide bonds. The topological polar surface area (TPSA) is 79.8 Å². The van der Waals surface area contributed by atoms with Crippen LogP contribution in [0.3, 0.4) is 0 Å². The number of morpholine rings is 1. The molecule has 0 aliphatic carbocycles. The van der Waals surface area contributed by atoms with Crippen LogP contribution in [-0.2, 0) is 14.3 Å². The predicted molar refractivity (Wildman–Crippen MR) is 72.0 cm³/mol. The average Bonchev–Trinajstić information content (AvgIpc) is 2.46. The summed E-state index contributed by atoms with van der Waals surface area (Å²) in [5, 5.41) is 15.4. The summed E-state index contributed by atoms with van der Waals surface area (Å²) in [5.41, 5.74) is -0.559. The van der Waals surface area contributed by atoms with E-state index in [0.29, 0.717) is 32.9 Å². The van der Waals surface area contributed by atoms with Crippen molar-refractivity contribution in [1.82, 2.24) is 10.6 Å². The number of aliphatic hydroxyl groups is 1. The zero-order valence-electron chi connectivity index (χ0n) is 11.7. The van der Waals surface area contributed by atoms with E-state index in [1.807, 2.05) is 0 Å². The lowest BCUT2D eigenvalue weighted by molar-refractivity contribution is -0.126. The van der Waals surface area contributed by atoms with Gasteiger partial charge in [0, 0.05) is 19.7 Å². The number of ether oxygens (including phenoxy) is 2. The molecule has 0 aromatic heterocycles. The minimum atomic E-state index is -0.559. The summed E-state index contributed by atoms with van der Waals surface area (Å²) in [7, 11) is 0. The van der Waals surface area contributed by atoms with E-state index in [0.717, 1.165) is 19.3 Å². The van der Waals surface area contributed by atoms with Crippen molar-refractivity contribution in [2.75, 3.05) is 46.1 Å². The minimum absolute atomic E-state index is 0.0648. The van der Waals surface area contributed by atoms with E-state index in [2.05, 4.69) is 17.6 Å². The third-order valence-corrected chi connectivity index (χ3v) is 3.18. The van der Waals surface area contributed by atoms with Crippen LogP contribution in [0.4, 0.5) is 0 Å². The summed E-state index contributed by atoms with van der Waals surface area (Å²) < 4.78 is 10.6. The maximum absolute atomic E-state index is 11.6. The van der Waals surface area contributed by atoms with E-state index >= 15 is 0 Å². The predicted octanol–water partition coefficient (Wildman–Crippen LogP) is -0.340.